The number of benzene rings is 4. The van der Waals surface area contributed by atoms with Crippen molar-refractivity contribution in [1.82, 2.24) is 46.1 Å². The summed E-state index contributed by atoms with van der Waals surface area (Å²) in [5.41, 5.74) is 0.385. The normalized spacial score (nSPS) is 13.0. The zero-order valence-electron chi connectivity index (χ0n) is 83.1. The van der Waals surface area contributed by atoms with Gasteiger partial charge in [-0.25, -0.2) is 50.5 Å². The molecule has 134 heavy (non-hydrogen) atoms. The molecule has 0 fully saturated rings. The number of quaternary nitrogens is 3. The second-order valence-corrected chi connectivity index (χ2v) is 44.9. The van der Waals surface area contributed by atoms with E-state index in [9.17, 15) is 98.0 Å². The molecule has 0 saturated heterocycles. The minimum absolute atomic E-state index is 0.00812. The topological polar surface area (TPSA) is 505 Å². The van der Waals surface area contributed by atoms with Crippen molar-refractivity contribution >= 4 is 128 Å². The first-order valence-corrected chi connectivity index (χ1v) is 57.6. The van der Waals surface area contributed by atoms with Crippen molar-refractivity contribution in [3.8, 4) is 5.75 Å². The number of carbonyl (C=O) groups is 6. The predicted octanol–water partition coefficient (Wildman–Crippen LogP) is 11.5. The Balaban J connectivity index is 0.00000140. The number of nitrogens with one attached hydrogen (secondary N) is 9. The monoisotopic (exact) mass is 2010 g/mol. The van der Waals surface area contributed by atoms with Gasteiger partial charge in [0, 0.05) is 94.4 Å². The smallest absolute Gasteiger partial charge is 0.246 e. The molecule has 0 aromatic heterocycles. The van der Waals surface area contributed by atoms with Crippen LogP contribution in [-0.2, 0) is 89.2 Å². The maximum absolute atomic E-state index is 14.7. The zero-order valence-corrected chi connectivity index (χ0v) is 88.0. The van der Waals surface area contributed by atoms with Crippen molar-refractivity contribution in [3.05, 3.63) is 72.9 Å². The Labute approximate surface area is 804 Å². The number of carbonyl (C=O) groups excluding carboxylic acids is 6. The van der Waals surface area contributed by atoms with E-state index < -0.39 is 184 Å². The highest BCUT2D eigenvalue weighted by Gasteiger charge is 2.38. The quantitative estimate of drug-likeness (QED) is 0.00645. The fraction of sp³-hybridized carbons (Fsp3) is 0.702. The predicted molar refractivity (Wildman–Crippen MR) is 532 cm³/mol. The number of unbranched alkanes of at least 4 members (excludes halogenated alkanes) is 12. The summed E-state index contributed by atoms with van der Waals surface area (Å²) in [7, 11) is -33.2. The maximum atomic E-state index is 14.7. The number of sulfonamides is 3. The molecule has 0 aliphatic heterocycles. The number of nitrogens with zero attached hydrogens (tertiary/aromatic N) is 3. The van der Waals surface area contributed by atoms with Gasteiger partial charge in [0.1, 0.15) is 23.9 Å². The highest BCUT2D eigenvalue weighted by molar-refractivity contribution is 7.91. The van der Waals surface area contributed by atoms with Crippen molar-refractivity contribution < 1.29 is 111 Å². The Morgan fingerprint density at radius 2 is 0.478 bits per heavy atom. The van der Waals surface area contributed by atoms with Crippen molar-refractivity contribution in [2.75, 3.05) is 135 Å². The molecule has 4 aromatic carbocycles. The van der Waals surface area contributed by atoms with Gasteiger partial charge in [-0.1, -0.05) is 198 Å². The number of phenols is 1. The molecule has 4 aromatic rings. The Morgan fingerprint density at radius 3 is 0.664 bits per heavy atom. The van der Waals surface area contributed by atoms with E-state index in [-0.39, 0.29) is 75.3 Å². The van der Waals surface area contributed by atoms with Gasteiger partial charge in [0.25, 0.3) is 0 Å². The van der Waals surface area contributed by atoms with Crippen LogP contribution in [0.1, 0.15) is 277 Å². The molecule has 6 amide bonds. The Morgan fingerprint density at radius 1 is 0.299 bits per heavy atom. The summed E-state index contributed by atoms with van der Waals surface area (Å²) in [6.45, 7) is 58.3. The van der Waals surface area contributed by atoms with Gasteiger partial charge in [-0.2, -0.15) is 14.2 Å². The van der Waals surface area contributed by atoms with E-state index in [0.29, 0.717) is 12.1 Å². The first-order valence-electron chi connectivity index (χ1n) is 48.4. The summed E-state index contributed by atoms with van der Waals surface area (Å²) in [5, 5.41) is 22.0. The molecule has 40 heteroatoms. The van der Waals surface area contributed by atoms with Crippen LogP contribution < -0.4 is 46.1 Å². The van der Waals surface area contributed by atoms with Crippen LogP contribution in [0.3, 0.4) is 0 Å². The maximum Gasteiger partial charge on any atom is 0.246 e. The molecule has 0 bridgehead atoms. The average molecular weight is 2010 g/mol. The second-order valence-electron chi connectivity index (χ2n) is 35.5. The highest BCUT2D eigenvalue weighted by atomic mass is 32.2. The molecule has 0 radical (unpaired) electrons. The fourth-order valence-electron chi connectivity index (χ4n) is 15.7. The molecular weight excluding hydrogens is 1840 g/mol. The molecule has 0 aliphatic rings. The van der Waals surface area contributed by atoms with Crippen LogP contribution >= 0.6 is 0 Å². The molecule has 0 spiro atoms. The largest absolute Gasteiger partial charge is 0.748 e. The Hall–Kier alpha value is -6.90. The van der Waals surface area contributed by atoms with Crippen LogP contribution in [0.5, 0.6) is 5.75 Å². The molecule has 3 unspecified atom stereocenters. The van der Waals surface area contributed by atoms with Crippen LogP contribution in [0.25, 0.3) is 32.3 Å². The van der Waals surface area contributed by atoms with Gasteiger partial charge in [-0.05, 0) is 129 Å². The van der Waals surface area contributed by atoms with Gasteiger partial charge in [-0.3, -0.25) is 28.8 Å². The van der Waals surface area contributed by atoms with Crippen LogP contribution in [0.2, 0.25) is 0 Å². The van der Waals surface area contributed by atoms with E-state index >= 15 is 0 Å². The first-order chi connectivity index (χ1) is 62.9. The molecule has 34 nitrogen and oxygen atoms in total. The van der Waals surface area contributed by atoms with Crippen molar-refractivity contribution in [2.24, 2.45) is 0 Å². The minimum atomic E-state index is -5.64. The Kier molecular flexibility index (Phi) is 59.4. The van der Waals surface area contributed by atoms with E-state index in [4.69, 9.17) is 0 Å². The molecular formula is C94H166N12O22S6. The minimum Gasteiger partial charge on any atom is -0.748 e. The summed E-state index contributed by atoms with van der Waals surface area (Å²) in [5.74, 6) is -12.2. The summed E-state index contributed by atoms with van der Waals surface area (Å²) < 4.78 is 206. The van der Waals surface area contributed by atoms with E-state index in [0.717, 1.165) is 24.3 Å². The average Bonchev–Trinajstić information content (AvgIpc) is 0.702. The van der Waals surface area contributed by atoms with Crippen molar-refractivity contribution in [1.29, 1.82) is 0 Å². The Bertz CT molecular complexity index is 4700. The molecule has 3 atom stereocenters. The van der Waals surface area contributed by atoms with Crippen molar-refractivity contribution in [3.63, 3.8) is 0 Å². The zero-order chi connectivity index (χ0) is 102. The number of hydrogen-bond acceptors (Lipinski definition) is 22. The van der Waals surface area contributed by atoms with Gasteiger partial charge < -0.3 is 64.1 Å². The van der Waals surface area contributed by atoms with Gasteiger partial charge in [0.05, 0.1) is 141 Å². The summed E-state index contributed by atoms with van der Waals surface area (Å²) in [6.07, 6.45) is 33.1. The van der Waals surface area contributed by atoms with Gasteiger partial charge in [0.2, 0.25) is 65.5 Å². The highest BCUT2D eigenvalue weighted by Crippen LogP contribution is 2.45. The van der Waals surface area contributed by atoms with Gasteiger partial charge >= 0.3 is 0 Å². The van der Waals surface area contributed by atoms with Gasteiger partial charge in [-0.15, -0.1) is 0 Å². The second kappa shape index (κ2) is 63.6. The summed E-state index contributed by atoms with van der Waals surface area (Å²) in [6, 6.07) is -2.88. The number of phenolic OH excluding ortho intramolecular Hbond substituents is 1. The summed E-state index contributed by atoms with van der Waals surface area (Å²) in [4.78, 5) is 72.4. The molecule has 10 N–H and O–H groups in total. The lowest BCUT2D eigenvalue weighted by atomic mass is 9.94. The number of rotatable bonds is 69. The fourth-order valence-corrected chi connectivity index (χ4v) is 22.3. The lowest BCUT2D eigenvalue weighted by molar-refractivity contribution is -0.929. The number of amides is 6. The third-order valence-corrected chi connectivity index (χ3v) is 30.2. The van der Waals surface area contributed by atoms with Crippen LogP contribution in [0, 0.1) is 0 Å². The van der Waals surface area contributed by atoms with Crippen LogP contribution in [0.4, 0.5) is 0 Å². The molecule has 0 heterocycles. The number of aromatic hydroxyl groups is 1. The van der Waals surface area contributed by atoms with E-state index in [1.165, 1.54) is 267 Å². The third kappa shape index (κ3) is 46.7. The molecule has 770 valence electrons. The molecule has 0 aliphatic carbocycles. The van der Waals surface area contributed by atoms with Crippen LogP contribution in [0.15, 0.2) is 87.5 Å². The lowest BCUT2D eigenvalue weighted by Gasteiger charge is -2.39. The third-order valence-electron chi connectivity index (χ3n) is 23.4. The lowest BCUT2D eigenvalue weighted by Crippen LogP contribution is -2.51. The van der Waals surface area contributed by atoms with Gasteiger partial charge in [0.15, 0.2) is 0 Å². The van der Waals surface area contributed by atoms with E-state index in [2.05, 4.69) is 135 Å². The molecule has 0 saturated carbocycles. The molecule has 4 rings (SSSR count). The van der Waals surface area contributed by atoms with Crippen LogP contribution in [-0.4, -0.2) is 271 Å². The van der Waals surface area contributed by atoms with E-state index in [1.54, 1.807) is 14.2 Å². The standard InChI is InChI=1S/C46H61N9O22S6.3C16H36N/c1-25(2)41(57)47-14-7-17-50-44(60)32(22-78(63,64)65)53-81(72,73)36-20-35(56)28-10-11-30-37(82(74,75)54-33(23-79(66,67)68)45(61)51-18-8-15-48-42(58)26(3)4)21-38(31-13-12-29(36)39(28)40(30)31)83(76,77)55-34(24-80(69,70)71)46(62)52-19-9-16-49-43(59)27(5)6;3*1-5-9-13-17(14-10-6-2,15-11-7-3)16-12-8-4/h10-13,20-21,32-34,53-56H,1,3,5,7-9,14-19,22-24H2,2,4,6H3,(H,47,57)(H,48,58)(H,49,59)(H,50,60)(H,51,61)(H,52,62)(H,63,64,65)(H,66,67,68)(H,69,70,71);3*5-16H2,1-4H3/q;3*+1/p-3. The first kappa shape index (κ1) is 125. The van der Waals surface area contributed by atoms with E-state index in [1.807, 2.05) is 0 Å². The van der Waals surface area contributed by atoms with Crippen molar-refractivity contribution in [2.45, 2.75) is 310 Å². The SMILES string of the molecule is C=C(C)C(=O)NCCCNC(=O)C(CS(=O)(=O)[O-])NS(=O)(=O)c1cc(O)c2ccc3c(S(=O)(=O)NC(CS(=O)(=O)[O-])C(=O)NCCCNC(=O)C(=C)C)cc(S(=O)(=O)NC(CS(=O)(=O)[O-])C(=O)NCCCNC(=O)C(=C)C)c4ccc1c2c34.CCCC[N+](CCCC)(CCCC)CCCC.CCCC[N+](CCCC)(CCCC)CCCC.CCCC[N+](CCCC)(CCCC)CCCC. The summed E-state index contributed by atoms with van der Waals surface area (Å²) >= 11 is 0. The number of hydrogen-bond donors (Lipinski definition) is 10.